The van der Waals surface area contributed by atoms with Gasteiger partial charge in [-0.1, -0.05) is 6.92 Å². The fourth-order valence-electron chi connectivity index (χ4n) is 3.10. The molecule has 2 N–H and O–H groups in total. The van der Waals surface area contributed by atoms with E-state index in [0.29, 0.717) is 12.5 Å². The zero-order chi connectivity index (χ0) is 19.1. The van der Waals surface area contributed by atoms with Gasteiger partial charge in [0, 0.05) is 39.4 Å². The number of rotatable bonds is 6. The average Bonchev–Trinajstić information content (AvgIpc) is 3.23. The van der Waals surface area contributed by atoms with Crippen LogP contribution in [-0.2, 0) is 11.3 Å². The Balaban J connectivity index is 1.51. The summed E-state index contributed by atoms with van der Waals surface area (Å²) in [6, 6.07) is 6.37. The number of hydrogen-bond acceptors (Lipinski definition) is 5. The molecule has 6 nitrogen and oxygen atoms in total. The van der Waals surface area contributed by atoms with Crippen LogP contribution in [0.3, 0.4) is 0 Å². The first-order chi connectivity index (χ1) is 13.2. The number of morpholine rings is 1. The highest BCUT2D eigenvalue weighted by Gasteiger charge is 2.18. The van der Waals surface area contributed by atoms with Gasteiger partial charge < -0.3 is 20.3 Å². The van der Waals surface area contributed by atoms with Crippen LogP contribution in [0.2, 0.25) is 0 Å². The SMILES string of the molecule is CN=C(NCc1ccnc(N2CCOC(C)C2)c1)NCC(C)c1ccsc1. The van der Waals surface area contributed by atoms with E-state index in [2.05, 4.69) is 62.3 Å². The largest absolute Gasteiger partial charge is 0.375 e. The lowest BCUT2D eigenvalue weighted by molar-refractivity contribution is 0.0529. The molecule has 1 aliphatic heterocycles. The molecule has 0 bridgehead atoms. The number of aromatic nitrogens is 1. The maximum Gasteiger partial charge on any atom is 0.191 e. The van der Waals surface area contributed by atoms with Crippen LogP contribution in [0, 0.1) is 0 Å². The summed E-state index contributed by atoms with van der Waals surface area (Å²) in [5.41, 5.74) is 2.55. The van der Waals surface area contributed by atoms with Gasteiger partial charge in [-0.15, -0.1) is 0 Å². The van der Waals surface area contributed by atoms with Gasteiger partial charge in [-0.2, -0.15) is 11.3 Å². The Morgan fingerprint density at radius 3 is 3.07 bits per heavy atom. The molecule has 7 heteroatoms. The van der Waals surface area contributed by atoms with Gasteiger partial charge in [-0.25, -0.2) is 4.98 Å². The van der Waals surface area contributed by atoms with Crippen molar-refractivity contribution in [3.8, 4) is 0 Å². The van der Waals surface area contributed by atoms with E-state index in [1.165, 1.54) is 11.1 Å². The molecular weight excluding hydrogens is 358 g/mol. The Labute approximate surface area is 165 Å². The van der Waals surface area contributed by atoms with Gasteiger partial charge in [0.25, 0.3) is 0 Å². The molecule has 1 aliphatic rings. The van der Waals surface area contributed by atoms with Gasteiger partial charge in [0.1, 0.15) is 5.82 Å². The summed E-state index contributed by atoms with van der Waals surface area (Å²) < 4.78 is 5.62. The summed E-state index contributed by atoms with van der Waals surface area (Å²) in [5, 5.41) is 11.1. The summed E-state index contributed by atoms with van der Waals surface area (Å²) >= 11 is 1.74. The third-order valence-electron chi connectivity index (χ3n) is 4.75. The van der Waals surface area contributed by atoms with Crippen molar-refractivity contribution in [3.05, 3.63) is 46.3 Å². The van der Waals surface area contributed by atoms with E-state index in [1.807, 2.05) is 12.3 Å². The third-order valence-corrected chi connectivity index (χ3v) is 5.45. The molecule has 0 saturated carbocycles. The highest BCUT2D eigenvalue weighted by atomic mass is 32.1. The van der Waals surface area contributed by atoms with Gasteiger partial charge in [-0.05, 0) is 52.9 Å². The summed E-state index contributed by atoms with van der Waals surface area (Å²) in [4.78, 5) is 11.1. The minimum Gasteiger partial charge on any atom is -0.375 e. The van der Waals surface area contributed by atoms with Crippen molar-refractivity contribution in [1.82, 2.24) is 15.6 Å². The van der Waals surface area contributed by atoms with Crippen LogP contribution in [0.4, 0.5) is 5.82 Å². The summed E-state index contributed by atoms with van der Waals surface area (Å²) in [6.07, 6.45) is 2.12. The Bertz CT molecular complexity index is 734. The lowest BCUT2D eigenvalue weighted by atomic mass is 10.1. The van der Waals surface area contributed by atoms with E-state index in [0.717, 1.165) is 38.0 Å². The van der Waals surface area contributed by atoms with Gasteiger partial charge in [0.15, 0.2) is 5.96 Å². The third kappa shape index (κ3) is 5.68. The van der Waals surface area contributed by atoms with Crippen molar-refractivity contribution in [1.29, 1.82) is 0 Å². The molecule has 1 saturated heterocycles. The predicted octanol–water partition coefficient (Wildman–Crippen LogP) is 2.84. The highest BCUT2D eigenvalue weighted by Crippen LogP contribution is 2.18. The number of pyridine rings is 1. The van der Waals surface area contributed by atoms with Gasteiger partial charge >= 0.3 is 0 Å². The average molecular weight is 388 g/mol. The summed E-state index contributed by atoms with van der Waals surface area (Å²) in [7, 11) is 1.80. The normalized spacial score (nSPS) is 19.0. The molecular formula is C20H29N5OS. The van der Waals surface area contributed by atoms with Crippen molar-refractivity contribution < 1.29 is 4.74 Å². The Morgan fingerprint density at radius 1 is 1.44 bits per heavy atom. The molecule has 27 heavy (non-hydrogen) atoms. The standard InChI is InChI=1S/C20H29N5OS/c1-15(18-5-9-27-14-18)11-23-20(21-3)24-12-17-4-6-22-19(10-17)25-7-8-26-16(2)13-25/h4-6,9-10,14-16H,7-8,11-13H2,1-3H3,(H2,21,23,24). The van der Waals surface area contributed by atoms with Crippen LogP contribution < -0.4 is 15.5 Å². The molecule has 2 unspecified atom stereocenters. The van der Waals surface area contributed by atoms with E-state index >= 15 is 0 Å². The van der Waals surface area contributed by atoms with E-state index in [1.54, 1.807) is 18.4 Å². The van der Waals surface area contributed by atoms with E-state index in [-0.39, 0.29) is 6.10 Å². The van der Waals surface area contributed by atoms with Crippen molar-refractivity contribution in [2.24, 2.45) is 4.99 Å². The van der Waals surface area contributed by atoms with Crippen molar-refractivity contribution >= 4 is 23.1 Å². The Hall–Kier alpha value is -2.12. The molecule has 3 rings (SSSR count). The van der Waals surface area contributed by atoms with Gasteiger partial charge in [0.2, 0.25) is 0 Å². The van der Waals surface area contributed by atoms with Crippen molar-refractivity contribution in [2.75, 3.05) is 38.2 Å². The molecule has 0 aliphatic carbocycles. The summed E-state index contributed by atoms with van der Waals surface area (Å²) in [6.45, 7) is 8.41. The number of nitrogens with zero attached hydrogens (tertiary/aromatic N) is 3. The molecule has 0 amide bonds. The minimum atomic E-state index is 0.246. The second-order valence-electron chi connectivity index (χ2n) is 6.91. The molecule has 2 aromatic heterocycles. The number of ether oxygens (including phenoxy) is 1. The van der Waals surface area contributed by atoms with Crippen LogP contribution >= 0.6 is 11.3 Å². The zero-order valence-corrected chi connectivity index (χ0v) is 17.1. The van der Waals surface area contributed by atoms with Crippen LogP contribution in [0.15, 0.2) is 40.1 Å². The lowest BCUT2D eigenvalue weighted by Crippen LogP contribution is -2.41. The van der Waals surface area contributed by atoms with Crippen molar-refractivity contribution in [3.63, 3.8) is 0 Å². The molecule has 0 radical (unpaired) electrons. The molecule has 1 fully saturated rings. The fraction of sp³-hybridized carbons (Fsp3) is 0.500. The predicted molar refractivity (Wildman–Crippen MR) is 113 cm³/mol. The van der Waals surface area contributed by atoms with Crippen LogP contribution in [0.5, 0.6) is 0 Å². The van der Waals surface area contributed by atoms with E-state index < -0.39 is 0 Å². The molecule has 3 heterocycles. The lowest BCUT2D eigenvalue weighted by Gasteiger charge is -2.32. The summed E-state index contributed by atoms with van der Waals surface area (Å²) in [5.74, 6) is 2.28. The molecule has 146 valence electrons. The number of aliphatic imine (C=N–C) groups is 1. The van der Waals surface area contributed by atoms with E-state index in [9.17, 15) is 0 Å². The topological polar surface area (TPSA) is 61.8 Å². The Morgan fingerprint density at radius 2 is 2.33 bits per heavy atom. The number of thiophene rings is 1. The number of guanidine groups is 1. The van der Waals surface area contributed by atoms with Gasteiger partial charge in [-0.3, -0.25) is 4.99 Å². The first kappa shape index (κ1) is 19.6. The van der Waals surface area contributed by atoms with E-state index in [4.69, 9.17) is 4.74 Å². The highest BCUT2D eigenvalue weighted by molar-refractivity contribution is 7.07. The smallest absolute Gasteiger partial charge is 0.191 e. The number of nitrogens with one attached hydrogen (secondary N) is 2. The van der Waals surface area contributed by atoms with Crippen LogP contribution in [0.25, 0.3) is 0 Å². The first-order valence-electron chi connectivity index (χ1n) is 9.44. The zero-order valence-electron chi connectivity index (χ0n) is 16.3. The molecule has 2 aromatic rings. The fourth-order valence-corrected chi connectivity index (χ4v) is 3.88. The Kier molecular flexibility index (Phi) is 7.06. The second kappa shape index (κ2) is 9.71. The monoisotopic (exact) mass is 387 g/mol. The van der Waals surface area contributed by atoms with Crippen LogP contribution in [0.1, 0.15) is 30.9 Å². The van der Waals surface area contributed by atoms with Gasteiger partial charge in [0.05, 0.1) is 12.7 Å². The second-order valence-corrected chi connectivity index (χ2v) is 7.69. The molecule has 2 atom stereocenters. The number of anilines is 1. The van der Waals surface area contributed by atoms with Crippen LogP contribution in [-0.4, -0.2) is 50.3 Å². The maximum atomic E-state index is 5.62. The quantitative estimate of drug-likeness (QED) is 0.590. The molecule has 0 aromatic carbocycles. The molecule has 0 spiro atoms. The minimum absolute atomic E-state index is 0.246. The van der Waals surface area contributed by atoms with Crippen molar-refractivity contribution in [2.45, 2.75) is 32.4 Å². The number of hydrogen-bond donors (Lipinski definition) is 2. The maximum absolute atomic E-state index is 5.62. The first-order valence-corrected chi connectivity index (χ1v) is 10.4.